The molecule has 0 atom stereocenters. The van der Waals surface area contributed by atoms with Crippen LogP contribution in [-0.2, 0) is 11.2 Å². The van der Waals surface area contributed by atoms with E-state index in [9.17, 15) is 9.59 Å². The van der Waals surface area contributed by atoms with Crippen LogP contribution in [0.3, 0.4) is 0 Å². The summed E-state index contributed by atoms with van der Waals surface area (Å²) >= 11 is 0. The molecule has 5 nitrogen and oxygen atoms in total. The van der Waals surface area contributed by atoms with Crippen LogP contribution in [0.5, 0.6) is 0 Å². The summed E-state index contributed by atoms with van der Waals surface area (Å²) in [6.45, 7) is 1.63. The van der Waals surface area contributed by atoms with E-state index in [1.54, 1.807) is 24.3 Å². The summed E-state index contributed by atoms with van der Waals surface area (Å²) in [6.07, 6.45) is 3.12. The maximum Gasteiger partial charge on any atom is 0.253 e. The Morgan fingerprint density at radius 3 is 2.56 bits per heavy atom. The monoisotopic (exact) mass is 337 g/mol. The first-order chi connectivity index (χ1) is 12.1. The zero-order chi connectivity index (χ0) is 17.6. The summed E-state index contributed by atoms with van der Waals surface area (Å²) in [5, 5.41) is 2.87. The third-order valence-corrected chi connectivity index (χ3v) is 4.38. The van der Waals surface area contributed by atoms with Crippen LogP contribution in [0.1, 0.15) is 35.2 Å². The van der Waals surface area contributed by atoms with Crippen molar-refractivity contribution in [3.63, 3.8) is 0 Å². The molecule has 130 valence electrons. The SMILES string of the molecule is Nc1cccc(CCC(=O)Nc2cccc(C(=O)N3CCCC3)c2)c1. The van der Waals surface area contributed by atoms with Crippen LogP contribution in [0.2, 0.25) is 0 Å². The number of amides is 2. The van der Waals surface area contributed by atoms with Gasteiger partial charge in [0.05, 0.1) is 0 Å². The van der Waals surface area contributed by atoms with Crippen LogP contribution in [0.15, 0.2) is 48.5 Å². The number of carbonyl (C=O) groups is 2. The highest BCUT2D eigenvalue weighted by molar-refractivity contribution is 5.97. The minimum atomic E-state index is -0.0757. The molecule has 3 N–H and O–H groups in total. The van der Waals surface area contributed by atoms with Gasteiger partial charge in [-0.05, 0) is 55.2 Å². The molecule has 3 rings (SSSR count). The number of hydrogen-bond donors (Lipinski definition) is 2. The third-order valence-electron chi connectivity index (χ3n) is 4.38. The van der Waals surface area contributed by atoms with Gasteiger partial charge >= 0.3 is 0 Å². The van der Waals surface area contributed by atoms with Crippen molar-refractivity contribution in [1.29, 1.82) is 0 Å². The second-order valence-electron chi connectivity index (χ2n) is 6.37. The Labute approximate surface area is 147 Å². The Bertz CT molecular complexity index is 767. The largest absolute Gasteiger partial charge is 0.399 e. The van der Waals surface area contributed by atoms with Gasteiger partial charge in [0, 0.05) is 36.4 Å². The number of nitrogen functional groups attached to an aromatic ring is 1. The second-order valence-corrected chi connectivity index (χ2v) is 6.37. The van der Waals surface area contributed by atoms with Gasteiger partial charge in [0.15, 0.2) is 0 Å². The van der Waals surface area contributed by atoms with Crippen molar-refractivity contribution >= 4 is 23.2 Å². The number of hydrogen-bond acceptors (Lipinski definition) is 3. The molecule has 0 aromatic heterocycles. The molecule has 1 saturated heterocycles. The molecule has 1 aliphatic heterocycles. The molecule has 2 amide bonds. The fraction of sp³-hybridized carbons (Fsp3) is 0.300. The van der Waals surface area contributed by atoms with E-state index in [4.69, 9.17) is 5.73 Å². The lowest BCUT2D eigenvalue weighted by Gasteiger charge is -2.15. The lowest BCUT2D eigenvalue weighted by molar-refractivity contribution is -0.116. The molecule has 0 aliphatic carbocycles. The number of nitrogens with zero attached hydrogens (tertiary/aromatic N) is 1. The Kier molecular flexibility index (Phi) is 5.33. The van der Waals surface area contributed by atoms with Gasteiger partial charge in [-0.15, -0.1) is 0 Å². The summed E-state index contributed by atoms with van der Waals surface area (Å²) in [6, 6.07) is 14.7. The van der Waals surface area contributed by atoms with Crippen LogP contribution < -0.4 is 11.1 Å². The topological polar surface area (TPSA) is 75.4 Å². The molecule has 1 fully saturated rings. The van der Waals surface area contributed by atoms with Crippen molar-refractivity contribution < 1.29 is 9.59 Å². The molecule has 25 heavy (non-hydrogen) atoms. The van der Waals surface area contributed by atoms with Gasteiger partial charge in [-0.2, -0.15) is 0 Å². The van der Waals surface area contributed by atoms with Crippen molar-refractivity contribution in [3.8, 4) is 0 Å². The Hall–Kier alpha value is -2.82. The highest BCUT2D eigenvalue weighted by atomic mass is 16.2. The molecule has 0 unspecified atom stereocenters. The van der Waals surface area contributed by atoms with Crippen molar-refractivity contribution in [2.24, 2.45) is 0 Å². The van der Waals surface area contributed by atoms with E-state index in [0.717, 1.165) is 31.5 Å². The van der Waals surface area contributed by atoms with Gasteiger partial charge in [-0.1, -0.05) is 18.2 Å². The molecule has 0 bridgehead atoms. The van der Waals surface area contributed by atoms with Gasteiger partial charge in [-0.3, -0.25) is 9.59 Å². The first-order valence-electron chi connectivity index (χ1n) is 8.65. The maximum absolute atomic E-state index is 12.4. The van der Waals surface area contributed by atoms with Crippen LogP contribution in [0, 0.1) is 0 Å². The maximum atomic E-state index is 12.4. The Balaban J connectivity index is 1.57. The number of benzene rings is 2. The van der Waals surface area contributed by atoms with Gasteiger partial charge in [-0.25, -0.2) is 0 Å². The molecule has 2 aromatic carbocycles. The third kappa shape index (κ3) is 4.59. The molecule has 0 saturated carbocycles. The van der Waals surface area contributed by atoms with E-state index in [-0.39, 0.29) is 11.8 Å². The number of carbonyl (C=O) groups excluding carboxylic acids is 2. The average molecular weight is 337 g/mol. The number of likely N-dealkylation sites (tertiary alicyclic amines) is 1. The van der Waals surface area contributed by atoms with Crippen LogP contribution in [-0.4, -0.2) is 29.8 Å². The lowest BCUT2D eigenvalue weighted by Crippen LogP contribution is -2.27. The van der Waals surface area contributed by atoms with Crippen LogP contribution >= 0.6 is 0 Å². The fourth-order valence-electron chi connectivity index (χ4n) is 3.06. The number of aryl methyl sites for hydroxylation is 1. The zero-order valence-corrected chi connectivity index (χ0v) is 14.2. The number of nitrogens with two attached hydrogens (primary N) is 1. The molecule has 0 spiro atoms. The second kappa shape index (κ2) is 7.83. The summed E-state index contributed by atoms with van der Waals surface area (Å²) in [7, 11) is 0. The summed E-state index contributed by atoms with van der Waals surface area (Å²) in [5.74, 6) is -0.0402. The van der Waals surface area contributed by atoms with Crippen LogP contribution in [0.4, 0.5) is 11.4 Å². The minimum absolute atomic E-state index is 0.0355. The van der Waals surface area contributed by atoms with Crippen LogP contribution in [0.25, 0.3) is 0 Å². The highest BCUT2D eigenvalue weighted by Crippen LogP contribution is 2.17. The van der Waals surface area contributed by atoms with Crippen molar-refractivity contribution in [2.75, 3.05) is 24.1 Å². The predicted octanol–water partition coefficient (Wildman–Crippen LogP) is 3.08. The normalized spacial score (nSPS) is 13.7. The van der Waals surface area contributed by atoms with Crippen molar-refractivity contribution in [1.82, 2.24) is 4.90 Å². The van der Waals surface area contributed by atoms with E-state index in [0.29, 0.717) is 29.8 Å². The first kappa shape index (κ1) is 17.0. The molecular formula is C20H23N3O2. The quantitative estimate of drug-likeness (QED) is 0.823. The lowest BCUT2D eigenvalue weighted by atomic mass is 10.1. The highest BCUT2D eigenvalue weighted by Gasteiger charge is 2.19. The zero-order valence-electron chi connectivity index (χ0n) is 14.2. The number of rotatable bonds is 5. The van der Waals surface area contributed by atoms with E-state index in [2.05, 4.69) is 5.32 Å². The molecule has 5 heteroatoms. The molecular weight excluding hydrogens is 314 g/mol. The fourth-order valence-corrected chi connectivity index (χ4v) is 3.06. The first-order valence-corrected chi connectivity index (χ1v) is 8.65. The minimum Gasteiger partial charge on any atom is -0.399 e. The van der Waals surface area contributed by atoms with E-state index in [1.165, 1.54) is 0 Å². The Morgan fingerprint density at radius 1 is 1.04 bits per heavy atom. The van der Waals surface area contributed by atoms with Gasteiger partial charge in [0.1, 0.15) is 0 Å². The van der Waals surface area contributed by atoms with Crippen molar-refractivity contribution in [2.45, 2.75) is 25.7 Å². The molecule has 1 aliphatic rings. The molecule has 0 radical (unpaired) electrons. The van der Waals surface area contributed by atoms with Crippen molar-refractivity contribution in [3.05, 3.63) is 59.7 Å². The average Bonchev–Trinajstić information content (AvgIpc) is 3.14. The molecule has 1 heterocycles. The smallest absolute Gasteiger partial charge is 0.253 e. The summed E-state index contributed by atoms with van der Waals surface area (Å²) < 4.78 is 0. The number of anilines is 2. The Morgan fingerprint density at radius 2 is 1.80 bits per heavy atom. The predicted molar refractivity (Wildman–Crippen MR) is 99.4 cm³/mol. The standard InChI is InChI=1S/C20H23N3O2/c21-17-7-3-5-15(13-17)9-10-19(24)22-18-8-4-6-16(14-18)20(25)23-11-1-2-12-23/h3-8,13-14H,1-2,9-12,21H2,(H,22,24). The van der Waals surface area contributed by atoms with E-state index in [1.807, 2.05) is 29.2 Å². The summed E-state index contributed by atoms with van der Waals surface area (Å²) in [4.78, 5) is 26.5. The van der Waals surface area contributed by atoms with E-state index < -0.39 is 0 Å². The summed E-state index contributed by atoms with van der Waals surface area (Å²) in [5.41, 5.74) is 8.76. The molecule has 2 aromatic rings. The van der Waals surface area contributed by atoms with Gasteiger partial charge in [0.2, 0.25) is 5.91 Å². The number of nitrogens with one attached hydrogen (secondary N) is 1. The van der Waals surface area contributed by atoms with E-state index >= 15 is 0 Å². The van der Waals surface area contributed by atoms with Gasteiger partial charge < -0.3 is 16.0 Å². The van der Waals surface area contributed by atoms with Gasteiger partial charge in [0.25, 0.3) is 5.91 Å².